The first-order valence-corrected chi connectivity index (χ1v) is 13.3. The average Bonchev–Trinajstić information content (AvgIpc) is 3.75. The van der Waals surface area contributed by atoms with Crippen LogP contribution in [0.1, 0.15) is 10.4 Å². The maximum absolute atomic E-state index is 14.7. The van der Waals surface area contributed by atoms with Crippen molar-refractivity contribution < 1.29 is 28.2 Å². The van der Waals surface area contributed by atoms with Gasteiger partial charge >= 0.3 is 0 Å². The van der Waals surface area contributed by atoms with Crippen molar-refractivity contribution in [2.45, 2.75) is 12.6 Å². The maximum Gasteiger partial charge on any atom is 0.254 e. The van der Waals surface area contributed by atoms with E-state index in [-0.39, 0.29) is 23.7 Å². The van der Waals surface area contributed by atoms with E-state index in [0.717, 1.165) is 0 Å². The fourth-order valence-electron chi connectivity index (χ4n) is 4.90. The minimum absolute atomic E-state index is 0.118. The predicted octanol–water partition coefficient (Wildman–Crippen LogP) is 0.500. The van der Waals surface area contributed by atoms with Gasteiger partial charge in [0, 0.05) is 45.3 Å². The van der Waals surface area contributed by atoms with Gasteiger partial charge in [0.05, 0.1) is 48.4 Å². The number of nitrogen functional groups attached to an aromatic ring is 1. The molecule has 1 aromatic carbocycles. The number of piperazine rings is 1. The molecule has 4 aromatic heterocycles. The van der Waals surface area contributed by atoms with Crippen molar-refractivity contribution in [3.05, 3.63) is 53.9 Å². The zero-order valence-corrected chi connectivity index (χ0v) is 22.3. The molecule has 16 heteroatoms. The largest absolute Gasteiger partial charge is 0.461 e. The van der Waals surface area contributed by atoms with Crippen LogP contribution in [0.4, 0.5) is 20.4 Å². The smallest absolute Gasteiger partial charge is 0.254 e. The van der Waals surface area contributed by atoms with Crippen LogP contribution in [0, 0.1) is 11.6 Å². The quantitative estimate of drug-likeness (QED) is 0.190. The molecule has 1 saturated heterocycles. The molecule has 42 heavy (non-hydrogen) atoms. The first-order chi connectivity index (χ1) is 20.3. The van der Waals surface area contributed by atoms with Gasteiger partial charge in [0.25, 0.3) is 5.91 Å². The number of fused-ring (bicyclic) bond motifs is 3. The van der Waals surface area contributed by atoms with Crippen LogP contribution in [0.25, 0.3) is 28.3 Å². The molecule has 0 radical (unpaired) electrons. The van der Waals surface area contributed by atoms with E-state index in [1.165, 1.54) is 16.8 Å². The molecule has 0 bridgehead atoms. The number of carbonyl (C=O) groups is 1. The maximum atomic E-state index is 14.7. The van der Waals surface area contributed by atoms with E-state index in [1.54, 1.807) is 27.9 Å². The molecule has 5 heterocycles. The van der Waals surface area contributed by atoms with Gasteiger partial charge in [-0.3, -0.25) is 9.69 Å². The molecule has 1 aliphatic heterocycles. The number of hydrogen-bond acceptors (Lipinski definition) is 11. The van der Waals surface area contributed by atoms with Gasteiger partial charge in [-0.25, -0.2) is 18.4 Å². The minimum atomic E-state index is -1.18. The number of anilines is 2. The second kappa shape index (κ2) is 11.3. The van der Waals surface area contributed by atoms with Gasteiger partial charge in [-0.2, -0.15) is 14.6 Å². The predicted molar refractivity (Wildman–Crippen MR) is 147 cm³/mol. The molecule has 1 fully saturated rings. The lowest BCUT2D eigenvalue weighted by Gasteiger charge is -2.36. The average molecular weight is 583 g/mol. The number of hydrogen-bond donors (Lipinski definition) is 4. The number of carbonyl (C=O) groups excluding carboxylic acids is 1. The summed E-state index contributed by atoms with van der Waals surface area (Å²) in [6.45, 7) is 2.43. The summed E-state index contributed by atoms with van der Waals surface area (Å²) in [6.07, 6.45) is 2.03. The summed E-state index contributed by atoms with van der Waals surface area (Å²) in [5.41, 5.74) is 7.04. The third-order valence-electron chi connectivity index (χ3n) is 7.17. The second-order valence-corrected chi connectivity index (χ2v) is 9.88. The number of nitrogens with zero attached hydrogens (tertiary/aromatic N) is 8. The Balaban J connectivity index is 1.11. The summed E-state index contributed by atoms with van der Waals surface area (Å²) in [5, 5.41) is 30.3. The number of aliphatic hydroxyl groups excluding tert-OH is 2. The van der Waals surface area contributed by atoms with Crippen molar-refractivity contribution >= 4 is 34.2 Å². The number of aliphatic hydroxyl groups is 2. The first-order valence-electron chi connectivity index (χ1n) is 13.3. The Morgan fingerprint density at radius 1 is 1.12 bits per heavy atom. The Labute approximate surface area is 237 Å². The molecular formula is C26H28F2N10O4. The number of rotatable bonds is 9. The van der Waals surface area contributed by atoms with E-state index < -0.39 is 30.3 Å². The lowest BCUT2D eigenvalue weighted by Crippen LogP contribution is -2.47. The summed E-state index contributed by atoms with van der Waals surface area (Å²) in [6, 6.07) is 5.36. The number of nitrogens with two attached hydrogens (primary N) is 1. The number of benzene rings is 1. The third-order valence-corrected chi connectivity index (χ3v) is 7.17. The zero-order chi connectivity index (χ0) is 29.4. The summed E-state index contributed by atoms with van der Waals surface area (Å²) < 4.78 is 37.7. The van der Waals surface area contributed by atoms with E-state index in [2.05, 4.69) is 30.4 Å². The molecule has 5 N–H and O–H groups in total. The van der Waals surface area contributed by atoms with Gasteiger partial charge in [-0.05, 0) is 18.2 Å². The molecule has 1 amide bonds. The van der Waals surface area contributed by atoms with Gasteiger partial charge in [0.1, 0.15) is 11.6 Å². The molecule has 220 valence electrons. The van der Waals surface area contributed by atoms with Gasteiger partial charge in [0.2, 0.25) is 11.8 Å². The van der Waals surface area contributed by atoms with Crippen LogP contribution >= 0.6 is 0 Å². The van der Waals surface area contributed by atoms with Gasteiger partial charge in [-0.15, -0.1) is 5.10 Å². The topological polar surface area (TPSA) is 176 Å². The summed E-state index contributed by atoms with van der Waals surface area (Å²) >= 11 is 0. The van der Waals surface area contributed by atoms with Gasteiger partial charge in [0.15, 0.2) is 17.1 Å². The van der Waals surface area contributed by atoms with Crippen LogP contribution in [-0.4, -0.2) is 102 Å². The van der Waals surface area contributed by atoms with Crippen molar-refractivity contribution in [2.75, 3.05) is 56.5 Å². The molecular weight excluding hydrogens is 554 g/mol. The molecule has 6 rings (SSSR count). The van der Waals surface area contributed by atoms with Crippen molar-refractivity contribution in [1.29, 1.82) is 0 Å². The Hall–Kier alpha value is -4.67. The molecule has 0 aliphatic carbocycles. The Morgan fingerprint density at radius 2 is 1.93 bits per heavy atom. The molecule has 0 saturated carbocycles. The van der Waals surface area contributed by atoms with Crippen LogP contribution in [0.2, 0.25) is 0 Å². The highest BCUT2D eigenvalue weighted by Gasteiger charge is 2.24. The Morgan fingerprint density at radius 3 is 2.67 bits per heavy atom. The van der Waals surface area contributed by atoms with E-state index >= 15 is 0 Å². The summed E-state index contributed by atoms with van der Waals surface area (Å²) in [5.74, 6) is -1.52. The molecule has 14 nitrogen and oxygen atoms in total. The van der Waals surface area contributed by atoms with Crippen LogP contribution in [0.5, 0.6) is 0 Å². The van der Waals surface area contributed by atoms with Crippen LogP contribution in [0.3, 0.4) is 0 Å². The molecule has 1 atom stereocenters. The highest BCUT2D eigenvalue weighted by atomic mass is 19.1. The fourth-order valence-corrected chi connectivity index (χ4v) is 4.90. The highest BCUT2D eigenvalue weighted by molar-refractivity contribution is 5.95. The van der Waals surface area contributed by atoms with Crippen molar-refractivity contribution in [1.82, 2.24) is 39.6 Å². The van der Waals surface area contributed by atoms with Crippen LogP contribution in [-0.2, 0) is 6.54 Å². The molecule has 5 aromatic rings. The van der Waals surface area contributed by atoms with E-state index in [9.17, 15) is 18.7 Å². The van der Waals surface area contributed by atoms with E-state index in [0.29, 0.717) is 73.6 Å². The number of halogens is 2. The van der Waals surface area contributed by atoms with Crippen molar-refractivity contribution in [3.8, 4) is 11.6 Å². The number of nitrogens with one attached hydrogen (secondary N) is 1. The van der Waals surface area contributed by atoms with Crippen molar-refractivity contribution in [3.63, 3.8) is 0 Å². The minimum Gasteiger partial charge on any atom is -0.461 e. The lowest BCUT2D eigenvalue weighted by atomic mass is 10.1. The molecule has 0 spiro atoms. The zero-order valence-electron chi connectivity index (χ0n) is 22.3. The number of amides is 1. The van der Waals surface area contributed by atoms with Gasteiger partial charge < -0.3 is 30.6 Å². The second-order valence-electron chi connectivity index (χ2n) is 9.88. The molecule has 1 aliphatic rings. The number of aromatic nitrogens is 6. The fraction of sp³-hybridized carbons (Fsp3) is 0.346. The normalized spacial score (nSPS) is 15.1. The third kappa shape index (κ3) is 5.22. The SMILES string of the molecule is Nc1nc2c(cnn2CCN2CCN(c3cc(C(=O)NC[C@@H](O)CO)c(F)cc3F)CC2)c2nc(-c3ccco3)nn12. The first kappa shape index (κ1) is 27.5. The molecule has 0 unspecified atom stereocenters. The number of furan rings is 1. The summed E-state index contributed by atoms with van der Waals surface area (Å²) in [4.78, 5) is 25.4. The van der Waals surface area contributed by atoms with E-state index in [4.69, 9.17) is 15.3 Å². The van der Waals surface area contributed by atoms with Gasteiger partial charge in [-0.1, -0.05) is 0 Å². The Kier molecular flexibility index (Phi) is 7.40. The monoisotopic (exact) mass is 582 g/mol. The highest BCUT2D eigenvalue weighted by Crippen LogP contribution is 2.26. The van der Waals surface area contributed by atoms with Crippen molar-refractivity contribution in [2.24, 2.45) is 0 Å². The lowest BCUT2D eigenvalue weighted by molar-refractivity contribution is 0.0799. The Bertz CT molecular complexity index is 1730. The van der Waals surface area contributed by atoms with Crippen LogP contribution < -0.4 is 16.0 Å². The summed E-state index contributed by atoms with van der Waals surface area (Å²) in [7, 11) is 0. The van der Waals surface area contributed by atoms with Crippen LogP contribution in [0.15, 0.2) is 41.1 Å². The standard InChI is InChI=1S/C26H28F2N10O4/c27-18-11-19(28)20(10-16(18)25(41)30-12-15(40)14-39)36-6-3-35(4-7-36)5-8-37-23-17(13-31-37)24-32-22(21-2-1-9-42-21)34-38(24)26(29)33-23/h1-2,9-11,13,15,39-40H,3-8,12,14H2,(H2,29,33)(H,30,41)/t15-/m1/s1. The van der Waals surface area contributed by atoms with E-state index in [1.807, 2.05) is 0 Å².